The Morgan fingerprint density at radius 3 is 2.26 bits per heavy atom. The van der Waals surface area contributed by atoms with Crippen LogP contribution in [0.15, 0.2) is 11.6 Å². The van der Waals surface area contributed by atoms with Crippen molar-refractivity contribution in [2.24, 2.45) is 46.3 Å². The highest BCUT2D eigenvalue weighted by atomic mass is 16.8. The SMILES string of the molecule is C[C@@H]1CC[C@@]2(OC1)O[C@H]1C[C@H]3[C@@H]4CC=C5C[C@@H](O[C@@H]6O[C@H](CO)[C@H](O)[C@H](O)[C@H]6O[C@@H]6O[C@@H](C)[C@H](O)[C@@H](O)[C@H]6O)[C@H](O)[C@@H](O)[C@]5(C)[C@H]4CC[C@]3(C)[C@H]1[C@@H]2C. The van der Waals surface area contributed by atoms with Crippen molar-refractivity contribution in [3.05, 3.63) is 11.6 Å². The second-order valence-corrected chi connectivity index (χ2v) is 18.4. The Kier molecular flexibility index (Phi) is 10.3. The summed E-state index contributed by atoms with van der Waals surface area (Å²) in [5.41, 5.74) is 0.356. The van der Waals surface area contributed by atoms with Crippen molar-refractivity contribution in [3.8, 4) is 0 Å². The van der Waals surface area contributed by atoms with Crippen LogP contribution in [0.2, 0.25) is 0 Å². The van der Waals surface area contributed by atoms with Gasteiger partial charge in [0, 0.05) is 17.8 Å². The minimum absolute atomic E-state index is 0.0797. The monoisotopic (exact) mass is 754 g/mol. The molecule has 0 amide bonds. The fourth-order valence-corrected chi connectivity index (χ4v) is 12.6. The molecular formula is C39H62O14. The molecule has 8 N–H and O–H groups in total. The Morgan fingerprint density at radius 1 is 0.811 bits per heavy atom. The maximum Gasteiger partial charge on any atom is 0.187 e. The summed E-state index contributed by atoms with van der Waals surface area (Å²) in [5, 5.41) is 86.8. The van der Waals surface area contributed by atoms with Crippen molar-refractivity contribution in [3.63, 3.8) is 0 Å². The van der Waals surface area contributed by atoms with E-state index in [-0.39, 0.29) is 23.9 Å². The third-order valence-electron chi connectivity index (χ3n) is 15.8. The van der Waals surface area contributed by atoms with Gasteiger partial charge in [-0.1, -0.05) is 39.3 Å². The van der Waals surface area contributed by atoms with Crippen LogP contribution >= 0.6 is 0 Å². The number of ether oxygens (including phenoxy) is 6. The smallest absolute Gasteiger partial charge is 0.187 e. The third-order valence-corrected chi connectivity index (χ3v) is 15.8. The highest BCUT2D eigenvalue weighted by Crippen LogP contribution is 2.70. The number of hydrogen-bond donors (Lipinski definition) is 8. The Hall–Kier alpha value is -0.820. The number of allylic oxidation sites excluding steroid dienone is 1. The second-order valence-electron chi connectivity index (χ2n) is 18.4. The molecule has 0 unspecified atom stereocenters. The molecule has 4 saturated heterocycles. The lowest BCUT2D eigenvalue weighted by atomic mass is 9.46. The Bertz CT molecular complexity index is 1370. The average molecular weight is 755 g/mol. The van der Waals surface area contributed by atoms with Gasteiger partial charge in [-0.15, -0.1) is 0 Å². The van der Waals surface area contributed by atoms with Gasteiger partial charge in [0.25, 0.3) is 0 Å². The van der Waals surface area contributed by atoms with Gasteiger partial charge in [0.2, 0.25) is 0 Å². The molecule has 8 rings (SSSR count). The zero-order valence-corrected chi connectivity index (χ0v) is 31.5. The molecule has 0 bridgehead atoms. The van der Waals surface area contributed by atoms with E-state index in [1.165, 1.54) is 6.92 Å². The van der Waals surface area contributed by atoms with Crippen LogP contribution in [-0.4, -0.2) is 146 Å². The molecule has 0 aromatic heterocycles. The number of hydrogen-bond acceptors (Lipinski definition) is 14. The average Bonchev–Trinajstić information content (AvgIpc) is 3.58. The molecule has 0 aromatic carbocycles. The highest BCUT2D eigenvalue weighted by molar-refractivity contribution is 5.30. The van der Waals surface area contributed by atoms with E-state index < -0.39 is 97.5 Å². The van der Waals surface area contributed by atoms with Crippen LogP contribution in [-0.2, 0) is 28.4 Å². The van der Waals surface area contributed by atoms with Crippen molar-refractivity contribution in [1.82, 2.24) is 0 Å². The lowest BCUT2D eigenvalue weighted by Crippen LogP contribution is -2.66. The zero-order chi connectivity index (χ0) is 37.9. The summed E-state index contributed by atoms with van der Waals surface area (Å²) in [6, 6.07) is 0. The second kappa shape index (κ2) is 13.9. The maximum absolute atomic E-state index is 12.1. The van der Waals surface area contributed by atoms with E-state index in [1.807, 2.05) is 0 Å². The normalized spacial score (nSPS) is 59.5. The van der Waals surface area contributed by atoms with Crippen molar-refractivity contribution in [2.75, 3.05) is 13.2 Å². The highest BCUT2D eigenvalue weighted by Gasteiger charge is 2.70. The van der Waals surface area contributed by atoms with Gasteiger partial charge in [0.1, 0.15) is 48.8 Å². The molecule has 23 atom stereocenters. The van der Waals surface area contributed by atoms with Crippen molar-refractivity contribution in [1.29, 1.82) is 0 Å². The quantitative estimate of drug-likeness (QED) is 0.178. The van der Waals surface area contributed by atoms with Crippen molar-refractivity contribution >= 4 is 0 Å². The number of aliphatic hydroxyl groups excluding tert-OH is 8. The van der Waals surface area contributed by atoms with E-state index in [1.54, 1.807) is 0 Å². The van der Waals surface area contributed by atoms with E-state index in [2.05, 4.69) is 33.8 Å². The summed E-state index contributed by atoms with van der Waals surface area (Å²) < 4.78 is 37.1. The van der Waals surface area contributed by atoms with E-state index in [4.69, 9.17) is 28.4 Å². The standard InChI is InChI=1S/C39H62O14/c1-16-8-11-39(48-15-16)17(2)26-23(53-39)13-22-20-7-6-19-12-24(29(43)34(47)38(19,5)21(20)9-10-37(22,26)4)50-36-33(31(45)28(42)25(14-40)51-36)52-35-32(46)30(44)27(41)18(3)49-35/h6,16-18,20-36,40-47H,7-15H2,1-5H3/t16-,17+,18+,20-,21+,22+,23+,24-,25-,26+,27+,28+,29+,30-,31+,32-,33-,34-,35+,36-,37+,38+,39-/m1/s1. The fourth-order valence-electron chi connectivity index (χ4n) is 12.6. The molecule has 4 aliphatic carbocycles. The zero-order valence-electron chi connectivity index (χ0n) is 31.5. The topological polar surface area (TPSA) is 217 Å². The first-order chi connectivity index (χ1) is 25.1. The van der Waals surface area contributed by atoms with Crippen LogP contribution in [0, 0.1) is 46.3 Å². The predicted molar refractivity (Wildman–Crippen MR) is 184 cm³/mol. The van der Waals surface area contributed by atoms with E-state index in [9.17, 15) is 40.9 Å². The summed E-state index contributed by atoms with van der Waals surface area (Å²) in [6.45, 7) is 10.6. The molecule has 302 valence electrons. The number of aliphatic hydroxyl groups is 8. The number of rotatable bonds is 5. The molecular weight excluding hydrogens is 692 g/mol. The molecule has 53 heavy (non-hydrogen) atoms. The third kappa shape index (κ3) is 5.87. The largest absolute Gasteiger partial charge is 0.394 e. The van der Waals surface area contributed by atoms with Crippen LogP contribution in [0.25, 0.3) is 0 Å². The molecule has 0 radical (unpaired) electrons. The van der Waals surface area contributed by atoms with Gasteiger partial charge in [0.15, 0.2) is 18.4 Å². The van der Waals surface area contributed by atoms with E-state index in [0.29, 0.717) is 29.6 Å². The lowest BCUT2D eigenvalue weighted by Gasteiger charge is -2.60. The molecule has 4 heterocycles. The van der Waals surface area contributed by atoms with E-state index in [0.717, 1.165) is 50.7 Å². The summed E-state index contributed by atoms with van der Waals surface area (Å²) >= 11 is 0. The van der Waals surface area contributed by atoms with Gasteiger partial charge in [-0.3, -0.25) is 0 Å². The Labute approximate surface area is 311 Å². The first-order valence-electron chi connectivity index (χ1n) is 20.1. The summed E-state index contributed by atoms with van der Waals surface area (Å²) in [5.74, 6) is 1.61. The lowest BCUT2D eigenvalue weighted by molar-refractivity contribution is -0.373. The van der Waals surface area contributed by atoms with Crippen LogP contribution in [0.4, 0.5) is 0 Å². The molecule has 3 saturated carbocycles. The molecule has 14 nitrogen and oxygen atoms in total. The van der Waals surface area contributed by atoms with Gasteiger partial charge in [-0.25, -0.2) is 0 Å². The fraction of sp³-hybridized carbons (Fsp3) is 0.949. The summed E-state index contributed by atoms with van der Waals surface area (Å²) in [4.78, 5) is 0. The molecule has 1 spiro atoms. The minimum Gasteiger partial charge on any atom is -0.394 e. The van der Waals surface area contributed by atoms with Gasteiger partial charge in [0.05, 0.1) is 37.6 Å². The molecule has 7 fully saturated rings. The molecule has 14 heteroatoms. The van der Waals surface area contributed by atoms with Gasteiger partial charge in [-0.05, 0) is 80.5 Å². The Morgan fingerprint density at radius 2 is 1.57 bits per heavy atom. The van der Waals surface area contributed by atoms with Crippen LogP contribution in [0.5, 0.6) is 0 Å². The van der Waals surface area contributed by atoms with Crippen LogP contribution in [0.3, 0.4) is 0 Å². The maximum atomic E-state index is 12.1. The predicted octanol–water partition coefficient (Wildman–Crippen LogP) is 0.332. The molecule has 0 aromatic rings. The molecule has 4 aliphatic heterocycles. The number of fused-ring (bicyclic) bond motifs is 7. The van der Waals surface area contributed by atoms with Gasteiger partial charge in [-0.2, -0.15) is 0 Å². The minimum atomic E-state index is -1.71. The van der Waals surface area contributed by atoms with Crippen molar-refractivity contribution in [2.45, 2.75) is 171 Å². The van der Waals surface area contributed by atoms with E-state index >= 15 is 0 Å². The van der Waals surface area contributed by atoms with Gasteiger partial charge < -0.3 is 69.3 Å². The molecule has 8 aliphatic rings. The summed E-state index contributed by atoms with van der Waals surface area (Å²) in [6.07, 6.45) is -9.88. The van der Waals surface area contributed by atoms with Gasteiger partial charge >= 0.3 is 0 Å². The Balaban J connectivity index is 1.01. The van der Waals surface area contributed by atoms with Crippen LogP contribution < -0.4 is 0 Å². The first-order valence-corrected chi connectivity index (χ1v) is 20.1. The van der Waals surface area contributed by atoms with Crippen LogP contribution in [0.1, 0.15) is 79.6 Å². The first kappa shape index (κ1) is 39.0. The van der Waals surface area contributed by atoms with Crippen molar-refractivity contribution < 1.29 is 69.3 Å². The summed E-state index contributed by atoms with van der Waals surface area (Å²) in [7, 11) is 0.